The molecule has 2 aliphatic rings. The Labute approximate surface area is 152 Å². The van der Waals surface area contributed by atoms with Gasteiger partial charge < -0.3 is 14.2 Å². The monoisotopic (exact) mass is 370 g/mol. The lowest BCUT2D eigenvalue weighted by molar-refractivity contribution is -0.155. The molecule has 2 fully saturated rings. The van der Waals surface area contributed by atoms with Crippen LogP contribution in [0, 0.1) is 5.82 Å². The maximum Gasteiger partial charge on any atom is 0.329 e. The minimum absolute atomic E-state index is 0.162. The van der Waals surface area contributed by atoms with Gasteiger partial charge in [0.2, 0.25) is 0 Å². The summed E-state index contributed by atoms with van der Waals surface area (Å²) in [6.45, 7) is 3.84. The van der Waals surface area contributed by atoms with Gasteiger partial charge in [-0.2, -0.15) is 0 Å². The second-order valence-electron chi connectivity index (χ2n) is 7.10. The molecule has 4 nitrogen and oxygen atoms in total. The number of halogens is 2. The van der Waals surface area contributed by atoms with Crippen LogP contribution in [0.2, 0.25) is 0 Å². The number of hydrogen-bond donors (Lipinski definition) is 0. The Kier molecular flexibility index (Phi) is 4.86. The van der Waals surface area contributed by atoms with E-state index in [2.05, 4.69) is 0 Å². The van der Waals surface area contributed by atoms with Gasteiger partial charge in [-0.1, -0.05) is 25.1 Å². The van der Waals surface area contributed by atoms with Crippen LogP contribution in [0.3, 0.4) is 0 Å². The Morgan fingerprint density at radius 3 is 2.80 bits per heavy atom. The third-order valence-electron chi connectivity index (χ3n) is 5.87. The van der Waals surface area contributed by atoms with E-state index in [0.717, 1.165) is 12.8 Å². The summed E-state index contributed by atoms with van der Waals surface area (Å²) in [7, 11) is 1.32. The fourth-order valence-electron chi connectivity index (χ4n) is 4.15. The standard InChI is InChI=1S/C19H24ClFO4/c1-4-18-9-10-19(25-18,17(2,20)16(22)23-3)11-15(18)24-12-13-7-5-6-8-14(13)21/h5-8,15H,4,9-12H2,1-3H3. The van der Waals surface area contributed by atoms with Gasteiger partial charge in [0.1, 0.15) is 11.4 Å². The van der Waals surface area contributed by atoms with Crippen LogP contribution in [0.1, 0.15) is 45.1 Å². The maximum atomic E-state index is 13.9. The first kappa shape index (κ1) is 18.6. The van der Waals surface area contributed by atoms with Gasteiger partial charge in [0.25, 0.3) is 0 Å². The van der Waals surface area contributed by atoms with Crippen molar-refractivity contribution in [2.24, 2.45) is 0 Å². The highest BCUT2D eigenvalue weighted by Gasteiger charge is 2.69. The van der Waals surface area contributed by atoms with Crippen LogP contribution in [-0.2, 0) is 25.6 Å². The van der Waals surface area contributed by atoms with Gasteiger partial charge in [0, 0.05) is 12.0 Å². The lowest BCUT2D eigenvalue weighted by atomic mass is 9.73. The lowest BCUT2D eigenvalue weighted by Crippen LogP contribution is -2.53. The molecule has 4 atom stereocenters. The van der Waals surface area contributed by atoms with Gasteiger partial charge in [-0.15, -0.1) is 11.6 Å². The molecule has 2 saturated heterocycles. The molecule has 2 bridgehead atoms. The van der Waals surface area contributed by atoms with Crippen molar-refractivity contribution >= 4 is 17.6 Å². The molecule has 25 heavy (non-hydrogen) atoms. The van der Waals surface area contributed by atoms with E-state index in [-0.39, 0.29) is 18.5 Å². The van der Waals surface area contributed by atoms with Crippen molar-refractivity contribution in [3.63, 3.8) is 0 Å². The molecule has 1 aromatic rings. The Bertz CT molecular complexity index is 665. The Hall–Kier alpha value is -1.17. The Balaban J connectivity index is 1.80. The van der Waals surface area contributed by atoms with Crippen LogP contribution < -0.4 is 0 Å². The number of esters is 1. The van der Waals surface area contributed by atoms with Crippen LogP contribution in [0.4, 0.5) is 4.39 Å². The number of methoxy groups -OCH3 is 1. The molecule has 2 aliphatic heterocycles. The van der Waals surface area contributed by atoms with Crippen molar-refractivity contribution in [1.82, 2.24) is 0 Å². The summed E-state index contributed by atoms with van der Waals surface area (Å²) in [5.41, 5.74) is -0.806. The zero-order valence-electron chi connectivity index (χ0n) is 14.8. The molecule has 0 aromatic heterocycles. The van der Waals surface area contributed by atoms with Crippen molar-refractivity contribution in [3.05, 3.63) is 35.6 Å². The van der Waals surface area contributed by atoms with Crippen LogP contribution >= 0.6 is 11.6 Å². The minimum Gasteiger partial charge on any atom is -0.468 e. The van der Waals surface area contributed by atoms with Crippen LogP contribution in [-0.4, -0.2) is 35.3 Å². The molecule has 0 radical (unpaired) electrons. The fourth-order valence-corrected chi connectivity index (χ4v) is 4.44. The van der Waals surface area contributed by atoms with E-state index in [1.54, 1.807) is 25.1 Å². The van der Waals surface area contributed by atoms with E-state index in [1.807, 2.05) is 6.92 Å². The Morgan fingerprint density at radius 1 is 1.44 bits per heavy atom. The molecule has 0 spiro atoms. The molecular weight excluding hydrogens is 347 g/mol. The first-order chi connectivity index (χ1) is 11.8. The van der Waals surface area contributed by atoms with Gasteiger partial charge in [-0.05, 0) is 32.3 Å². The maximum absolute atomic E-state index is 13.9. The summed E-state index contributed by atoms with van der Waals surface area (Å²) in [4.78, 5) is 10.9. The van der Waals surface area contributed by atoms with Gasteiger partial charge in [0.15, 0.2) is 4.87 Å². The lowest BCUT2D eigenvalue weighted by Gasteiger charge is -2.37. The molecule has 2 heterocycles. The number of alkyl halides is 1. The largest absolute Gasteiger partial charge is 0.468 e. The second kappa shape index (κ2) is 6.53. The minimum atomic E-state index is -1.28. The number of hydrogen-bond acceptors (Lipinski definition) is 4. The van der Waals surface area contributed by atoms with Gasteiger partial charge in [0.05, 0.1) is 25.4 Å². The van der Waals surface area contributed by atoms with Gasteiger partial charge in [-0.25, -0.2) is 4.39 Å². The van der Waals surface area contributed by atoms with Crippen molar-refractivity contribution in [3.8, 4) is 0 Å². The van der Waals surface area contributed by atoms with Crippen LogP contribution in [0.25, 0.3) is 0 Å². The number of ether oxygens (including phenoxy) is 3. The van der Waals surface area contributed by atoms with E-state index >= 15 is 0 Å². The van der Waals surface area contributed by atoms with Crippen molar-refractivity contribution < 1.29 is 23.4 Å². The number of benzene rings is 1. The summed E-state index contributed by atoms with van der Waals surface area (Å²) >= 11 is 6.59. The SMILES string of the molecule is CCC12CCC(C(C)(Cl)C(=O)OC)(CC1OCc1ccccc1F)O2. The molecule has 0 amide bonds. The van der Waals surface area contributed by atoms with E-state index < -0.39 is 22.0 Å². The molecule has 4 unspecified atom stereocenters. The predicted octanol–water partition coefficient (Wildman–Crippen LogP) is 3.98. The summed E-state index contributed by atoms with van der Waals surface area (Å²) in [5, 5.41) is 0. The molecular formula is C19H24ClFO4. The molecule has 3 rings (SSSR count). The highest BCUT2D eigenvalue weighted by Crippen LogP contribution is 2.59. The summed E-state index contributed by atoms with van der Waals surface area (Å²) in [6, 6.07) is 6.55. The quantitative estimate of drug-likeness (QED) is 0.561. The van der Waals surface area contributed by atoms with Crippen molar-refractivity contribution in [1.29, 1.82) is 0 Å². The zero-order chi connectivity index (χ0) is 18.3. The molecule has 0 aliphatic carbocycles. The molecule has 6 heteroatoms. The van der Waals surface area contributed by atoms with Crippen molar-refractivity contribution in [2.75, 3.05) is 7.11 Å². The smallest absolute Gasteiger partial charge is 0.329 e. The predicted molar refractivity (Wildman–Crippen MR) is 91.9 cm³/mol. The average molecular weight is 371 g/mol. The first-order valence-electron chi connectivity index (χ1n) is 8.63. The third kappa shape index (κ3) is 2.86. The fraction of sp³-hybridized carbons (Fsp3) is 0.632. The highest BCUT2D eigenvalue weighted by molar-refractivity contribution is 6.34. The van der Waals surface area contributed by atoms with E-state index in [4.69, 9.17) is 25.8 Å². The Morgan fingerprint density at radius 2 is 2.16 bits per heavy atom. The highest BCUT2D eigenvalue weighted by atomic mass is 35.5. The normalized spacial score (nSPS) is 33.2. The molecule has 0 N–H and O–H groups in total. The summed E-state index contributed by atoms with van der Waals surface area (Å²) in [5.74, 6) is -0.792. The number of fused-ring (bicyclic) bond motifs is 2. The van der Waals surface area contributed by atoms with Crippen LogP contribution in [0.5, 0.6) is 0 Å². The third-order valence-corrected chi connectivity index (χ3v) is 6.37. The van der Waals surface area contributed by atoms with Crippen LogP contribution in [0.15, 0.2) is 24.3 Å². The summed E-state index contributed by atoms with van der Waals surface area (Å²) < 4.78 is 31.1. The molecule has 1 aromatic carbocycles. The van der Waals surface area contributed by atoms with E-state index in [0.29, 0.717) is 18.4 Å². The first-order valence-corrected chi connectivity index (χ1v) is 9.00. The topological polar surface area (TPSA) is 44.8 Å². The number of carbonyl (C=O) groups excluding carboxylic acids is 1. The molecule has 0 saturated carbocycles. The molecule has 138 valence electrons. The second-order valence-corrected chi connectivity index (χ2v) is 7.86. The zero-order valence-corrected chi connectivity index (χ0v) is 15.6. The number of carbonyl (C=O) groups is 1. The number of rotatable bonds is 6. The van der Waals surface area contributed by atoms with Crippen molar-refractivity contribution in [2.45, 2.75) is 68.3 Å². The van der Waals surface area contributed by atoms with E-state index in [9.17, 15) is 9.18 Å². The van der Waals surface area contributed by atoms with Gasteiger partial charge in [-0.3, -0.25) is 4.79 Å². The summed E-state index contributed by atoms with van der Waals surface area (Å²) in [6.07, 6.45) is 2.42. The van der Waals surface area contributed by atoms with E-state index in [1.165, 1.54) is 13.2 Å². The van der Waals surface area contributed by atoms with Gasteiger partial charge >= 0.3 is 5.97 Å². The average Bonchev–Trinajstić information content (AvgIpc) is 3.16.